The molecule has 1 N–H and O–H groups in total. The largest absolute Gasteiger partial charge is 0.393 e. The Balaban J connectivity index is 1.92. The topological polar surface area (TPSA) is 36.4 Å². The van der Waals surface area contributed by atoms with Crippen molar-refractivity contribution in [3.05, 3.63) is 30.1 Å². The summed E-state index contributed by atoms with van der Waals surface area (Å²) in [5, 5.41) is 9.82. The molecule has 0 amide bonds. The Morgan fingerprint density at radius 2 is 2.19 bits per heavy atom. The van der Waals surface area contributed by atoms with Crippen molar-refractivity contribution in [3.8, 4) is 0 Å². The second-order valence-corrected chi connectivity index (χ2v) is 4.61. The molecule has 2 heterocycles. The van der Waals surface area contributed by atoms with E-state index in [1.54, 1.807) is 0 Å². The number of aliphatic hydroxyl groups is 1. The summed E-state index contributed by atoms with van der Waals surface area (Å²) < 4.78 is 0. The van der Waals surface area contributed by atoms with Crippen LogP contribution in [0.25, 0.3) is 0 Å². The highest BCUT2D eigenvalue weighted by Gasteiger charge is 2.25. The zero-order chi connectivity index (χ0) is 11.4. The van der Waals surface area contributed by atoms with E-state index >= 15 is 0 Å². The summed E-state index contributed by atoms with van der Waals surface area (Å²) in [5.41, 5.74) is 1.31. The van der Waals surface area contributed by atoms with Gasteiger partial charge in [-0.2, -0.15) is 0 Å². The first-order valence-corrected chi connectivity index (χ1v) is 6.09. The summed E-state index contributed by atoms with van der Waals surface area (Å²) in [6, 6.07) is 4.12. The number of hydrogen-bond acceptors (Lipinski definition) is 3. The summed E-state index contributed by atoms with van der Waals surface area (Å²) >= 11 is 0. The number of rotatable bonds is 3. The summed E-state index contributed by atoms with van der Waals surface area (Å²) in [7, 11) is 0. The molecule has 0 saturated carbocycles. The fourth-order valence-electron chi connectivity index (χ4n) is 2.39. The van der Waals surface area contributed by atoms with Gasteiger partial charge in [-0.05, 0) is 36.5 Å². The molecule has 0 spiro atoms. The van der Waals surface area contributed by atoms with E-state index in [4.69, 9.17) is 0 Å². The van der Waals surface area contributed by atoms with Crippen LogP contribution >= 0.6 is 0 Å². The third-order valence-corrected chi connectivity index (χ3v) is 3.46. The van der Waals surface area contributed by atoms with Crippen molar-refractivity contribution in [2.75, 3.05) is 13.1 Å². The Morgan fingerprint density at radius 3 is 2.88 bits per heavy atom. The van der Waals surface area contributed by atoms with Crippen LogP contribution in [0.3, 0.4) is 0 Å². The highest BCUT2D eigenvalue weighted by molar-refractivity contribution is 5.09. The van der Waals surface area contributed by atoms with Gasteiger partial charge in [-0.15, -0.1) is 0 Å². The van der Waals surface area contributed by atoms with Gasteiger partial charge in [0.2, 0.25) is 0 Å². The molecule has 3 nitrogen and oxygen atoms in total. The summed E-state index contributed by atoms with van der Waals surface area (Å²) in [6.45, 7) is 5.15. The first-order valence-electron chi connectivity index (χ1n) is 6.09. The quantitative estimate of drug-likeness (QED) is 0.842. The number of pyridine rings is 1. The molecule has 1 saturated heterocycles. The van der Waals surface area contributed by atoms with Crippen LogP contribution in [0.5, 0.6) is 0 Å². The zero-order valence-electron chi connectivity index (χ0n) is 9.84. The average Bonchev–Trinajstić information content (AvgIpc) is 2.33. The summed E-state index contributed by atoms with van der Waals surface area (Å²) in [5.74, 6) is 0.440. The molecule has 1 aliphatic rings. The summed E-state index contributed by atoms with van der Waals surface area (Å²) in [6.07, 6.45) is 5.55. The predicted molar refractivity (Wildman–Crippen MR) is 63.9 cm³/mol. The molecule has 0 aromatic carbocycles. The van der Waals surface area contributed by atoms with E-state index in [0.29, 0.717) is 5.92 Å². The van der Waals surface area contributed by atoms with Gasteiger partial charge in [0.05, 0.1) is 6.10 Å². The van der Waals surface area contributed by atoms with Crippen molar-refractivity contribution in [2.45, 2.75) is 32.4 Å². The molecule has 0 bridgehead atoms. The van der Waals surface area contributed by atoms with E-state index in [0.717, 1.165) is 32.5 Å². The third kappa shape index (κ3) is 2.80. The van der Waals surface area contributed by atoms with Gasteiger partial charge in [-0.25, -0.2) is 0 Å². The number of hydrogen-bond donors (Lipinski definition) is 1. The van der Waals surface area contributed by atoms with E-state index in [9.17, 15) is 5.11 Å². The molecule has 1 aliphatic heterocycles. The van der Waals surface area contributed by atoms with Crippen molar-refractivity contribution < 1.29 is 5.11 Å². The Bertz CT molecular complexity index is 315. The molecule has 3 heteroatoms. The number of nitrogens with zero attached hydrogens (tertiary/aromatic N) is 2. The Hall–Kier alpha value is -0.930. The second kappa shape index (κ2) is 5.41. The lowest BCUT2D eigenvalue weighted by Crippen LogP contribution is -2.42. The van der Waals surface area contributed by atoms with Crippen molar-refractivity contribution in [3.63, 3.8) is 0 Å². The average molecular weight is 220 g/mol. The van der Waals surface area contributed by atoms with Crippen LogP contribution in [0.1, 0.15) is 25.3 Å². The van der Waals surface area contributed by atoms with Crippen LogP contribution in [0.15, 0.2) is 24.5 Å². The molecule has 88 valence electrons. The van der Waals surface area contributed by atoms with Crippen molar-refractivity contribution >= 4 is 0 Å². The van der Waals surface area contributed by atoms with E-state index < -0.39 is 0 Å². The first kappa shape index (κ1) is 11.6. The Labute approximate surface area is 97.1 Å². The van der Waals surface area contributed by atoms with Crippen LogP contribution in [0.2, 0.25) is 0 Å². The molecule has 2 atom stereocenters. The number of piperidine rings is 1. The predicted octanol–water partition coefficient (Wildman–Crippen LogP) is 1.67. The lowest BCUT2D eigenvalue weighted by molar-refractivity contribution is 0.0222. The molecule has 0 aliphatic carbocycles. The van der Waals surface area contributed by atoms with E-state index in [1.807, 2.05) is 12.4 Å². The van der Waals surface area contributed by atoms with E-state index in [1.165, 1.54) is 5.56 Å². The van der Waals surface area contributed by atoms with Gasteiger partial charge in [0.25, 0.3) is 0 Å². The maximum atomic E-state index is 9.82. The second-order valence-electron chi connectivity index (χ2n) is 4.61. The Kier molecular flexibility index (Phi) is 3.91. The van der Waals surface area contributed by atoms with Gasteiger partial charge in [0.1, 0.15) is 0 Å². The van der Waals surface area contributed by atoms with Crippen molar-refractivity contribution in [1.29, 1.82) is 0 Å². The molecule has 2 rings (SSSR count). The zero-order valence-corrected chi connectivity index (χ0v) is 9.84. The van der Waals surface area contributed by atoms with Crippen LogP contribution in [0, 0.1) is 5.92 Å². The standard InChI is InChI=1S/C13H20N2O/c1-2-12-10-15(8-5-13(12)16)9-11-3-6-14-7-4-11/h3-4,6-7,12-13,16H,2,5,8-10H2,1H3. The van der Waals surface area contributed by atoms with Crippen LogP contribution < -0.4 is 0 Å². The van der Waals surface area contributed by atoms with E-state index in [2.05, 4.69) is 28.9 Å². The molecular formula is C13H20N2O. The van der Waals surface area contributed by atoms with Crippen molar-refractivity contribution in [2.24, 2.45) is 5.92 Å². The minimum absolute atomic E-state index is 0.0984. The molecule has 2 unspecified atom stereocenters. The molecule has 16 heavy (non-hydrogen) atoms. The molecule has 1 aromatic rings. The van der Waals surface area contributed by atoms with Crippen LogP contribution in [0.4, 0.5) is 0 Å². The minimum atomic E-state index is -0.0984. The fraction of sp³-hybridized carbons (Fsp3) is 0.615. The van der Waals surface area contributed by atoms with Gasteiger partial charge < -0.3 is 5.11 Å². The van der Waals surface area contributed by atoms with Crippen LogP contribution in [-0.4, -0.2) is 34.2 Å². The monoisotopic (exact) mass is 220 g/mol. The summed E-state index contributed by atoms with van der Waals surface area (Å²) in [4.78, 5) is 6.45. The van der Waals surface area contributed by atoms with Crippen LogP contribution in [-0.2, 0) is 6.54 Å². The SMILES string of the molecule is CCC1CN(Cc2ccncc2)CCC1O. The molecule has 0 radical (unpaired) electrons. The van der Waals surface area contributed by atoms with E-state index in [-0.39, 0.29) is 6.10 Å². The molecule has 1 aromatic heterocycles. The molecule has 1 fully saturated rings. The number of aromatic nitrogens is 1. The van der Waals surface area contributed by atoms with Crippen molar-refractivity contribution in [1.82, 2.24) is 9.88 Å². The fourth-order valence-corrected chi connectivity index (χ4v) is 2.39. The number of likely N-dealkylation sites (tertiary alicyclic amines) is 1. The molecular weight excluding hydrogens is 200 g/mol. The lowest BCUT2D eigenvalue weighted by atomic mass is 9.92. The maximum absolute atomic E-state index is 9.82. The minimum Gasteiger partial charge on any atom is -0.393 e. The highest BCUT2D eigenvalue weighted by Crippen LogP contribution is 2.21. The van der Waals surface area contributed by atoms with Gasteiger partial charge in [0.15, 0.2) is 0 Å². The van der Waals surface area contributed by atoms with Gasteiger partial charge in [0, 0.05) is 32.0 Å². The highest BCUT2D eigenvalue weighted by atomic mass is 16.3. The van der Waals surface area contributed by atoms with Gasteiger partial charge >= 0.3 is 0 Å². The maximum Gasteiger partial charge on any atom is 0.0592 e. The number of aliphatic hydroxyl groups excluding tert-OH is 1. The lowest BCUT2D eigenvalue weighted by Gasteiger charge is -2.35. The first-order chi connectivity index (χ1) is 7.79. The Morgan fingerprint density at radius 1 is 1.44 bits per heavy atom. The van der Waals surface area contributed by atoms with Gasteiger partial charge in [-0.3, -0.25) is 9.88 Å². The third-order valence-electron chi connectivity index (χ3n) is 3.46. The normalized spacial score (nSPS) is 26.9. The smallest absolute Gasteiger partial charge is 0.0592 e. The van der Waals surface area contributed by atoms with Gasteiger partial charge in [-0.1, -0.05) is 6.92 Å².